The van der Waals surface area contributed by atoms with Crippen molar-refractivity contribution in [3.05, 3.63) is 64.2 Å². The van der Waals surface area contributed by atoms with Gasteiger partial charge >= 0.3 is 0 Å². The minimum atomic E-state index is -0.417. The molecule has 8 heteroatoms. The average Bonchev–Trinajstić information content (AvgIpc) is 3.10. The van der Waals surface area contributed by atoms with Gasteiger partial charge < -0.3 is 9.73 Å². The van der Waals surface area contributed by atoms with E-state index in [0.717, 1.165) is 17.4 Å². The molecule has 0 spiro atoms. The number of carbonyl (C=O) groups is 1. The van der Waals surface area contributed by atoms with E-state index in [9.17, 15) is 14.0 Å². The molecule has 4 aromatic rings. The minimum absolute atomic E-state index is 0.0351. The third-order valence-corrected chi connectivity index (χ3v) is 5.68. The fourth-order valence-electron chi connectivity index (χ4n) is 3.23. The van der Waals surface area contributed by atoms with Crippen LogP contribution in [0.4, 0.5) is 10.1 Å². The van der Waals surface area contributed by atoms with E-state index in [4.69, 9.17) is 4.42 Å². The molecule has 0 aliphatic heterocycles. The van der Waals surface area contributed by atoms with Crippen LogP contribution in [0.25, 0.3) is 22.1 Å². The van der Waals surface area contributed by atoms with E-state index in [-0.39, 0.29) is 22.8 Å². The van der Waals surface area contributed by atoms with E-state index in [1.165, 1.54) is 28.5 Å². The number of nitrogens with zero attached hydrogens (tertiary/aromatic N) is 2. The molecule has 0 atom stereocenters. The Kier molecular flexibility index (Phi) is 5.59. The molecule has 2 heterocycles. The van der Waals surface area contributed by atoms with Gasteiger partial charge in [-0.05, 0) is 43.2 Å². The van der Waals surface area contributed by atoms with Crippen molar-refractivity contribution in [2.24, 2.45) is 0 Å². The third-order valence-electron chi connectivity index (χ3n) is 4.70. The molecule has 4 rings (SSSR count). The molecule has 2 aromatic carbocycles. The molecule has 0 aliphatic carbocycles. The maximum Gasteiger partial charge on any atom is 0.297 e. The lowest BCUT2D eigenvalue weighted by molar-refractivity contribution is -0.113. The molecule has 0 radical (unpaired) electrons. The van der Waals surface area contributed by atoms with Crippen molar-refractivity contribution in [2.75, 3.05) is 11.1 Å². The summed E-state index contributed by atoms with van der Waals surface area (Å²) in [4.78, 5) is 30.1. The van der Waals surface area contributed by atoms with Gasteiger partial charge in [-0.1, -0.05) is 36.9 Å². The van der Waals surface area contributed by atoms with E-state index in [0.29, 0.717) is 28.5 Å². The van der Waals surface area contributed by atoms with Crippen LogP contribution in [0.2, 0.25) is 0 Å². The zero-order valence-electron chi connectivity index (χ0n) is 16.6. The van der Waals surface area contributed by atoms with Crippen LogP contribution in [0.15, 0.2) is 56.8 Å². The van der Waals surface area contributed by atoms with E-state index in [2.05, 4.69) is 10.3 Å². The number of benzene rings is 2. The van der Waals surface area contributed by atoms with Gasteiger partial charge in [0.25, 0.3) is 5.56 Å². The predicted molar refractivity (Wildman–Crippen MR) is 117 cm³/mol. The number of thioether (sulfide) groups is 1. The lowest BCUT2D eigenvalue weighted by atomic mass is 10.2. The standard InChI is InChI=1S/C22H20FN3O3S/c1-3-10-26-21(28)20-19(15-6-4-5-7-17(15)29-20)25-22(26)30-12-18(27)24-16-11-14(23)9-8-13(16)2/h4-9,11H,3,10,12H2,1-2H3,(H,24,27). The number of halogens is 1. The van der Waals surface area contributed by atoms with Gasteiger partial charge in [0, 0.05) is 17.6 Å². The highest BCUT2D eigenvalue weighted by molar-refractivity contribution is 7.99. The highest BCUT2D eigenvalue weighted by atomic mass is 32.2. The molecule has 154 valence electrons. The molecule has 6 nitrogen and oxygen atoms in total. The van der Waals surface area contributed by atoms with Gasteiger partial charge in [-0.25, -0.2) is 9.37 Å². The van der Waals surface area contributed by atoms with Crippen molar-refractivity contribution in [3.63, 3.8) is 0 Å². The number of rotatable bonds is 6. The fourth-order valence-corrected chi connectivity index (χ4v) is 4.05. The van der Waals surface area contributed by atoms with Crippen LogP contribution in [0, 0.1) is 12.7 Å². The van der Waals surface area contributed by atoms with Gasteiger partial charge in [-0.2, -0.15) is 0 Å². The number of anilines is 1. The Bertz CT molecular complexity index is 1310. The van der Waals surface area contributed by atoms with E-state index < -0.39 is 5.82 Å². The highest BCUT2D eigenvalue weighted by Gasteiger charge is 2.18. The molecule has 0 fully saturated rings. The summed E-state index contributed by atoms with van der Waals surface area (Å²) in [6.45, 7) is 4.22. The Labute approximate surface area is 176 Å². The molecule has 2 aromatic heterocycles. The van der Waals surface area contributed by atoms with Crippen LogP contribution in [0.5, 0.6) is 0 Å². The van der Waals surface area contributed by atoms with Crippen molar-refractivity contribution < 1.29 is 13.6 Å². The first-order chi connectivity index (χ1) is 14.5. The maximum atomic E-state index is 13.5. The number of para-hydroxylation sites is 1. The van der Waals surface area contributed by atoms with E-state index in [1.807, 2.05) is 25.1 Å². The van der Waals surface area contributed by atoms with Gasteiger partial charge in [-0.3, -0.25) is 14.2 Å². The smallest absolute Gasteiger partial charge is 0.297 e. The van der Waals surface area contributed by atoms with Crippen LogP contribution < -0.4 is 10.9 Å². The summed E-state index contributed by atoms with van der Waals surface area (Å²) >= 11 is 1.17. The summed E-state index contributed by atoms with van der Waals surface area (Å²) in [6, 6.07) is 11.6. The summed E-state index contributed by atoms with van der Waals surface area (Å²) in [7, 11) is 0. The fraction of sp³-hybridized carbons (Fsp3) is 0.227. The second-order valence-electron chi connectivity index (χ2n) is 6.92. The highest BCUT2D eigenvalue weighted by Crippen LogP contribution is 2.27. The Morgan fingerprint density at radius 2 is 2.07 bits per heavy atom. The molecule has 0 saturated carbocycles. The maximum absolute atomic E-state index is 13.5. The van der Waals surface area contributed by atoms with Crippen LogP contribution >= 0.6 is 11.8 Å². The number of aromatic nitrogens is 2. The molecule has 0 saturated heterocycles. The van der Waals surface area contributed by atoms with Gasteiger partial charge in [0.05, 0.1) is 5.75 Å². The topological polar surface area (TPSA) is 77.1 Å². The number of aryl methyl sites for hydroxylation is 1. The van der Waals surface area contributed by atoms with Crippen molar-refractivity contribution in [1.29, 1.82) is 0 Å². The number of carbonyl (C=O) groups excluding carboxylic acids is 1. The molecule has 1 amide bonds. The normalized spacial score (nSPS) is 11.3. The Morgan fingerprint density at radius 3 is 2.87 bits per heavy atom. The summed E-state index contributed by atoms with van der Waals surface area (Å²) in [5, 5.41) is 3.93. The van der Waals surface area contributed by atoms with Crippen LogP contribution in [-0.4, -0.2) is 21.2 Å². The molecule has 0 bridgehead atoms. The van der Waals surface area contributed by atoms with Crippen LogP contribution in [-0.2, 0) is 11.3 Å². The van der Waals surface area contributed by atoms with Gasteiger partial charge in [0.1, 0.15) is 16.9 Å². The zero-order chi connectivity index (χ0) is 21.3. The second kappa shape index (κ2) is 8.31. The van der Waals surface area contributed by atoms with Crippen LogP contribution in [0.1, 0.15) is 18.9 Å². The lowest BCUT2D eigenvalue weighted by Crippen LogP contribution is -2.23. The summed E-state index contributed by atoms with van der Waals surface area (Å²) in [6.07, 6.45) is 0.732. The Morgan fingerprint density at radius 1 is 1.27 bits per heavy atom. The average molecular weight is 425 g/mol. The number of amides is 1. The monoisotopic (exact) mass is 425 g/mol. The molecule has 30 heavy (non-hydrogen) atoms. The minimum Gasteiger partial charge on any atom is -0.448 e. The largest absolute Gasteiger partial charge is 0.448 e. The SMILES string of the molecule is CCCn1c(SCC(=O)Nc2cc(F)ccc2C)nc2c(oc3ccccc32)c1=O. The summed E-state index contributed by atoms with van der Waals surface area (Å²) in [5.74, 6) is -0.685. The second-order valence-corrected chi connectivity index (χ2v) is 7.87. The van der Waals surface area contributed by atoms with E-state index in [1.54, 1.807) is 19.1 Å². The predicted octanol–water partition coefficient (Wildman–Crippen LogP) is 4.73. The van der Waals surface area contributed by atoms with Crippen molar-refractivity contribution in [2.45, 2.75) is 32.0 Å². The number of hydrogen-bond donors (Lipinski definition) is 1. The number of furan rings is 1. The molecular weight excluding hydrogens is 405 g/mol. The molecule has 0 aliphatic rings. The number of nitrogens with one attached hydrogen (secondary N) is 1. The third kappa shape index (κ3) is 3.82. The van der Waals surface area contributed by atoms with Gasteiger partial charge in [0.15, 0.2) is 5.16 Å². The Balaban J connectivity index is 1.65. The van der Waals surface area contributed by atoms with Crippen molar-refractivity contribution in [3.8, 4) is 0 Å². The van der Waals surface area contributed by atoms with Gasteiger partial charge in [0.2, 0.25) is 11.5 Å². The molecular formula is C22H20FN3O3S. The zero-order valence-corrected chi connectivity index (χ0v) is 17.4. The lowest BCUT2D eigenvalue weighted by Gasteiger charge is -2.11. The molecule has 0 unspecified atom stereocenters. The van der Waals surface area contributed by atoms with Crippen molar-refractivity contribution >= 4 is 45.4 Å². The van der Waals surface area contributed by atoms with Crippen molar-refractivity contribution in [1.82, 2.24) is 9.55 Å². The number of fused-ring (bicyclic) bond motifs is 3. The number of hydrogen-bond acceptors (Lipinski definition) is 5. The van der Waals surface area contributed by atoms with Crippen LogP contribution in [0.3, 0.4) is 0 Å². The van der Waals surface area contributed by atoms with Gasteiger partial charge in [-0.15, -0.1) is 0 Å². The summed E-state index contributed by atoms with van der Waals surface area (Å²) in [5.41, 5.74) is 2.24. The molecule has 1 N–H and O–H groups in total. The quantitative estimate of drug-likeness (QED) is 0.357. The first kappa shape index (κ1) is 20.2. The van der Waals surface area contributed by atoms with E-state index >= 15 is 0 Å². The first-order valence-electron chi connectivity index (χ1n) is 9.58. The summed E-state index contributed by atoms with van der Waals surface area (Å²) < 4.78 is 20.7. The Hall–Kier alpha value is -3.13. The first-order valence-corrected chi connectivity index (χ1v) is 10.6.